The first kappa shape index (κ1) is 21.6. The zero-order valence-corrected chi connectivity index (χ0v) is 17.1. The second kappa shape index (κ2) is 11.2. The van der Waals surface area contributed by atoms with Crippen LogP contribution in [-0.4, -0.2) is 70.9 Å². The summed E-state index contributed by atoms with van der Waals surface area (Å²) < 4.78 is 0. The van der Waals surface area contributed by atoms with Gasteiger partial charge in [0.05, 0.1) is 6.54 Å². The molecule has 1 fully saturated rings. The van der Waals surface area contributed by atoms with Crippen LogP contribution in [0.25, 0.3) is 0 Å². The summed E-state index contributed by atoms with van der Waals surface area (Å²) >= 11 is 1.76. The number of carboxylic acid groups (broad SMARTS) is 1. The van der Waals surface area contributed by atoms with Gasteiger partial charge in [-0.25, -0.2) is 4.79 Å². The molecule has 0 saturated carbocycles. The normalized spacial score (nSPS) is 16.3. The fraction of sp³-hybridized carbons (Fsp3) is 0.600. The Morgan fingerprint density at radius 2 is 1.93 bits per heavy atom. The van der Waals surface area contributed by atoms with Crippen LogP contribution in [0, 0.1) is 0 Å². The predicted octanol–water partition coefficient (Wildman–Crippen LogP) is 3.14. The quantitative estimate of drug-likeness (QED) is 0.631. The predicted molar refractivity (Wildman–Crippen MR) is 109 cm³/mol. The molecule has 1 aliphatic rings. The van der Waals surface area contributed by atoms with Crippen molar-refractivity contribution in [2.24, 2.45) is 0 Å². The topological polar surface area (TPSA) is 72.9 Å². The summed E-state index contributed by atoms with van der Waals surface area (Å²) in [4.78, 5) is 28.6. The van der Waals surface area contributed by atoms with Crippen LogP contribution in [-0.2, 0) is 4.79 Å². The van der Waals surface area contributed by atoms with Gasteiger partial charge in [0, 0.05) is 35.8 Å². The van der Waals surface area contributed by atoms with E-state index in [0.29, 0.717) is 13.1 Å². The Hall–Kier alpha value is -1.73. The molecule has 1 saturated heterocycles. The summed E-state index contributed by atoms with van der Waals surface area (Å²) in [6, 6.07) is 10.6. The van der Waals surface area contributed by atoms with Gasteiger partial charge in [0.25, 0.3) is 0 Å². The highest BCUT2D eigenvalue weighted by Crippen LogP contribution is 2.20. The number of hydrogen-bond donors (Lipinski definition) is 2. The van der Waals surface area contributed by atoms with Crippen molar-refractivity contribution in [3.05, 3.63) is 30.3 Å². The van der Waals surface area contributed by atoms with Gasteiger partial charge >= 0.3 is 12.0 Å². The molecular weight excluding hydrogens is 362 g/mol. The molecule has 27 heavy (non-hydrogen) atoms. The molecule has 2 rings (SSSR count). The number of benzene rings is 1. The van der Waals surface area contributed by atoms with Gasteiger partial charge < -0.3 is 15.3 Å². The highest BCUT2D eigenvalue weighted by Gasteiger charge is 2.27. The van der Waals surface area contributed by atoms with E-state index in [-0.39, 0.29) is 24.7 Å². The van der Waals surface area contributed by atoms with Crippen molar-refractivity contribution >= 4 is 23.8 Å². The van der Waals surface area contributed by atoms with Gasteiger partial charge in [-0.05, 0) is 37.9 Å². The van der Waals surface area contributed by atoms with E-state index in [1.165, 1.54) is 4.90 Å². The number of thioether (sulfide) groups is 1. The summed E-state index contributed by atoms with van der Waals surface area (Å²) in [7, 11) is 0. The summed E-state index contributed by atoms with van der Waals surface area (Å²) in [6.45, 7) is 6.22. The maximum Gasteiger partial charge on any atom is 0.317 e. The minimum atomic E-state index is -0.793. The number of piperidine rings is 1. The van der Waals surface area contributed by atoms with Crippen molar-refractivity contribution in [2.75, 3.05) is 31.9 Å². The van der Waals surface area contributed by atoms with Gasteiger partial charge in [-0.1, -0.05) is 32.0 Å². The Bertz CT molecular complexity index is 591. The van der Waals surface area contributed by atoms with E-state index >= 15 is 0 Å². The number of carbonyl (C=O) groups is 2. The summed E-state index contributed by atoms with van der Waals surface area (Å²) in [6.07, 6.45) is 2.54. The largest absolute Gasteiger partial charge is 0.480 e. The van der Waals surface area contributed by atoms with Gasteiger partial charge in [0.15, 0.2) is 0 Å². The Labute approximate surface area is 166 Å². The SMILES string of the molecule is CCC(CSc1ccccc1)NC(=O)N1CCC(N(CC)CC(=O)O)CC1. The number of likely N-dealkylation sites (N-methyl/N-ethyl adjacent to an activating group) is 1. The maximum absolute atomic E-state index is 12.6. The van der Waals surface area contributed by atoms with Crippen LogP contribution < -0.4 is 5.32 Å². The van der Waals surface area contributed by atoms with Crippen LogP contribution in [0.5, 0.6) is 0 Å². The zero-order chi connectivity index (χ0) is 19.6. The summed E-state index contributed by atoms with van der Waals surface area (Å²) in [5.74, 6) is 0.0593. The first-order chi connectivity index (χ1) is 13.0. The molecule has 1 aliphatic heterocycles. The number of nitrogens with zero attached hydrogens (tertiary/aromatic N) is 2. The molecule has 0 radical (unpaired) electrons. The number of carbonyl (C=O) groups excluding carboxylic acids is 1. The van der Waals surface area contributed by atoms with Gasteiger partial charge in [-0.2, -0.15) is 0 Å². The molecule has 1 unspecified atom stereocenters. The second-order valence-corrected chi connectivity index (χ2v) is 7.95. The highest BCUT2D eigenvalue weighted by molar-refractivity contribution is 7.99. The number of rotatable bonds is 9. The molecule has 0 aromatic heterocycles. The van der Waals surface area contributed by atoms with Gasteiger partial charge in [-0.3, -0.25) is 9.69 Å². The molecular formula is C20H31N3O3S. The average Bonchev–Trinajstić information content (AvgIpc) is 2.70. The minimum Gasteiger partial charge on any atom is -0.480 e. The standard InChI is InChI=1S/C20H31N3O3S/c1-3-16(15-27-18-8-6-5-7-9-18)21-20(26)23-12-10-17(11-13-23)22(4-2)14-19(24)25/h5-9,16-17H,3-4,10-15H2,1-2H3,(H,21,26)(H,24,25). The fourth-order valence-electron chi connectivity index (χ4n) is 3.35. The van der Waals surface area contributed by atoms with Crippen LogP contribution in [0.3, 0.4) is 0 Å². The number of likely N-dealkylation sites (tertiary alicyclic amines) is 1. The van der Waals surface area contributed by atoms with Crippen molar-refractivity contribution in [2.45, 2.75) is 50.1 Å². The monoisotopic (exact) mass is 393 g/mol. The zero-order valence-electron chi connectivity index (χ0n) is 16.3. The molecule has 0 spiro atoms. The Kier molecular flexibility index (Phi) is 8.94. The lowest BCUT2D eigenvalue weighted by molar-refractivity contribution is -0.139. The molecule has 0 aliphatic carbocycles. The van der Waals surface area contributed by atoms with Crippen LogP contribution in [0.2, 0.25) is 0 Å². The third-order valence-corrected chi connectivity index (χ3v) is 6.20. The lowest BCUT2D eigenvalue weighted by Crippen LogP contribution is -2.52. The van der Waals surface area contributed by atoms with E-state index < -0.39 is 5.97 Å². The molecule has 0 bridgehead atoms. The third-order valence-electron chi connectivity index (χ3n) is 5.03. The van der Waals surface area contributed by atoms with Crippen LogP contribution in [0.15, 0.2) is 35.2 Å². The number of urea groups is 1. The van der Waals surface area contributed by atoms with E-state index in [0.717, 1.165) is 31.6 Å². The lowest BCUT2D eigenvalue weighted by Gasteiger charge is -2.37. The highest BCUT2D eigenvalue weighted by atomic mass is 32.2. The molecule has 6 nitrogen and oxygen atoms in total. The van der Waals surface area contributed by atoms with Crippen molar-refractivity contribution in [3.8, 4) is 0 Å². The number of amides is 2. The van der Waals surface area contributed by atoms with Crippen molar-refractivity contribution in [3.63, 3.8) is 0 Å². The summed E-state index contributed by atoms with van der Waals surface area (Å²) in [5, 5.41) is 12.2. The van der Waals surface area contributed by atoms with Crippen molar-refractivity contribution < 1.29 is 14.7 Å². The molecule has 1 heterocycles. The van der Waals surface area contributed by atoms with Gasteiger partial charge in [0.1, 0.15) is 0 Å². The summed E-state index contributed by atoms with van der Waals surface area (Å²) in [5.41, 5.74) is 0. The van der Waals surface area contributed by atoms with E-state index in [4.69, 9.17) is 5.11 Å². The first-order valence-electron chi connectivity index (χ1n) is 9.72. The van der Waals surface area contributed by atoms with Gasteiger partial charge in [-0.15, -0.1) is 11.8 Å². The van der Waals surface area contributed by atoms with Crippen molar-refractivity contribution in [1.29, 1.82) is 0 Å². The van der Waals surface area contributed by atoms with Crippen LogP contribution in [0.1, 0.15) is 33.1 Å². The van der Waals surface area contributed by atoms with Crippen LogP contribution >= 0.6 is 11.8 Å². The minimum absolute atomic E-state index is 0.00440. The van der Waals surface area contributed by atoms with Crippen LogP contribution in [0.4, 0.5) is 4.79 Å². The number of hydrogen-bond acceptors (Lipinski definition) is 4. The number of aliphatic carboxylic acids is 1. The first-order valence-corrected chi connectivity index (χ1v) is 10.7. The molecule has 2 N–H and O–H groups in total. The van der Waals surface area contributed by atoms with E-state index in [9.17, 15) is 9.59 Å². The Balaban J connectivity index is 1.77. The molecule has 1 atom stereocenters. The van der Waals surface area contributed by atoms with E-state index in [2.05, 4.69) is 24.4 Å². The maximum atomic E-state index is 12.6. The molecule has 2 amide bonds. The molecule has 150 valence electrons. The lowest BCUT2D eigenvalue weighted by atomic mass is 10.0. The average molecular weight is 394 g/mol. The third kappa shape index (κ3) is 7.07. The van der Waals surface area contributed by atoms with E-state index in [1.807, 2.05) is 34.9 Å². The second-order valence-electron chi connectivity index (χ2n) is 6.85. The van der Waals surface area contributed by atoms with Crippen molar-refractivity contribution in [1.82, 2.24) is 15.1 Å². The molecule has 1 aromatic carbocycles. The van der Waals surface area contributed by atoms with Gasteiger partial charge in [0.2, 0.25) is 0 Å². The number of nitrogens with one attached hydrogen (secondary N) is 1. The fourth-order valence-corrected chi connectivity index (χ4v) is 4.41. The Morgan fingerprint density at radius 3 is 2.48 bits per heavy atom. The Morgan fingerprint density at radius 1 is 1.26 bits per heavy atom. The number of carboxylic acids is 1. The molecule has 1 aromatic rings. The molecule has 7 heteroatoms. The van der Waals surface area contributed by atoms with E-state index in [1.54, 1.807) is 11.8 Å². The smallest absolute Gasteiger partial charge is 0.317 e.